The number of likely N-dealkylation sites (N-methyl/N-ethyl adjacent to an activating group) is 1. The van der Waals surface area contributed by atoms with Crippen LogP contribution in [0.25, 0.3) is 11.4 Å². The Kier molecular flexibility index (Phi) is 4.62. The number of rotatable bonds is 3. The summed E-state index contributed by atoms with van der Waals surface area (Å²) in [6.07, 6.45) is 0.972. The lowest BCUT2D eigenvalue weighted by Gasteiger charge is -2.36. The molecule has 0 radical (unpaired) electrons. The van der Waals surface area contributed by atoms with Gasteiger partial charge in [0.25, 0.3) is 5.91 Å². The average Bonchev–Trinajstić information content (AvgIpc) is 3.30. The van der Waals surface area contributed by atoms with Crippen LogP contribution in [-0.2, 0) is 11.3 Å². The van der Waals surface area contributed by atoms with Gasteiger partial charge in [0.05, 0.1) is 0 Å². The number of aryl methyl sites for hydroxylation is 2. The molecule has 1 aromatic heterocycles. The van der Waals surface area contributed by atoms with Gasteiger partial charge in [-0.3, -0.25) is 4.79 Å². The largest absolute Gasteiger partial charge is 0.307 e. The summed E-state index contributed by atoms with van der Waals surface area (Å²) in [5.41, 5.74) is 5.58. The van der Waals surface area contributed by atoms with Gasteiger partial charge in [0.2, 0.25) is 5.82 Å². The van der Waals surface area contributed by atoms with Gasteiger partial charge in [0.1, 0.15) is 6.54 Å². The highest BCUT2D eigenvalue weighted by molar-refractivity contribution is 5.96. The average molecular weight is 403 g/mol. The van der Waals surface area contributed by atoms with Crippen molar-refractivity contribution >= 4 is 11.6 Å². The predicted octanol–water partition coefficient (Wildman–Crippen LogP) is 2.79. The lowest BCUT2D eigenvalue weighted by molar-refractivity contribution is -0.120. The molecule has 0 bridgehead atoms. The van der Waals surface area contributed by atoms with Crippen LogP contribution in [0.4, 0.5) is 5.69 Å². The molecule has 1 saturated heterocycles. The van der Waals surface area contributed by atoms with E-state index < -0.39 is 0 Å². The quantitative estimate of drug-likeness (QED) is 0.674. The number of likely N-dealkylation sites (tertiary alicyclic amines) is 1. The normalized spacial score (nSPS) is 20.8. The number of aromatic nitrogens is 4. The number of hydrogen-bond donors (Lipinski definition) is 0. The summed E-state index contributed by atoms with van der Waals surface area (Å²) in [6, 6.07) is 14.5. The Hall–Kier alpha value is -3.06. The highest BCUT2D eigenvalue weighted by atomic mass is 16.2. The lowest BCUT2D eigenvalue weighted by Crippen LogP contribution is -2.48. The Morgan fingerprint density at radius 2 is 2.00 bits per heavy atom. The maximum Gasteiger partial charge on any atom is 0.250 e. The minimum atomic E-state index is 0.0193. The van der Waals surface area contributed by atoms with Gasteiger partial charge in [0, 0.05) is 29.8 Å². The van der Waals surface area contributed by atoms with Gasteiger partial charge in [-0.2, -0.15) is 4.80 Å². The van der Waals surface area contributed by atoms with Crippen LogP contribution in [0.2, 0.25) is 0 Å². The monoisotopic (exact) mass is 402 g/mol. The van der Waals surface area contributed by atoms with E-state index in [-0.39, 0.29) is 18.5 Å². The molecule has 30 heavy (non-hydrogen) atoms. The molecule has 0 N–H and O–H groups in total. The van der Waals surface area contributed by atoms with E-state index >= 15 is 0 Å². The minimum Gasteiger partial charge on any atom is -0.307 e. The highest BCUT2D eigenvalue weighted by Gasteiger charge is 2.43. The summed E-state index contributed by atoms with van der Waals surface area (Å²) >= 11 is 0. The predicted molar refractivity (Wildman–Crippen MR) is 115 cm³/mol. The number of benzene rings is 2. The molecule has 5 rings (SSSR count). The molecule has 0 spiro atoms. The van der Waals surface area contributed by atoms with Gasteiger partial charge in [-0.1, -0.05) is 42.0 Å². The van der Waals surface area contributed by atoms with E-state index in [2.05, 4.69) is 52.5 Å². The van der Waals surface area contributed by atoms with Crippen LogP contribution < -0.4 is 4.90 Å². The smallest absolute Gasteiger partial charge is 0.250 e. The van der Waals surface area contributed by atoms with Gasteiger partial charge >= 0.3 is 0 Å². The van der Waals surface area contributed by atoms with Crippen LogP contribution in [0.3, 0.4) is 0 Å². The highest BCUT2D eigenvalue weighted by Crippen LogP contribution is 2.45. The first-order chi connectivity index (χ1) is 14.5. The first-order valence-corrected chi connectivity index (χ1v) is 10.5. The molecule has 0 aliphatic carbocycles. The van der Waals surface area contributed by atoms with Gasteiger partial charge in [-0.15, -0.1) is 10.2 Å². The summed E-state index contributed by atoms with van der Waals surface area (Å²) in [7, 11) is 2.16. The van der Waals surface area contributed by atoms with Crippen molar-refractivity contribution in [1.82, 2.24) is 25.1 Å². The van der Waals surface area contributed by atoms with Crippen LogP contribution in [0.5, 0.6) is 0 Å². The van der Waals surface area contributed by atoms with E-state index in [1.54, 1.807) is 0 Å². The van der Waals surface area contributed by atoms with Crippen LogP contribution in [-0.4, -0.2) is 57.2 Å². The Labute approximate surface area is 176 Å². The maximum atomic E-state index is 13.4. The van der Waals surface area contributed by atoms with Crippen molar-refractivity contribution in [2.75, 3.05) is 25.0 Å². The molecule has 2 aliphatic rings. The molecule has 3 aromatic rings. The van der Waals surface area contributed by atoms with Crippen LogP contribution in [0.1, 0.15) is 29.0 Å². The summed E-state index contributed by atoms with van der Waals surface area (Å²) in [5.74, 6) is 0.926. The van der Waals surface area contributed by atoms with Crippen LogP contribution >= 0.6 is 0 Å². The fourth-order valence-electron chi connectivity index (χ4n) is 4.84. The molecule has 7 nitrogen and oxygen atoms in total. The third kappa shape index (κ3) is 3.19. The van der Waals surface area contributed by atoms with Gasteiger partial charge in [0.15, 0.2) is 0 Å². The fraction of sp³-hybridized carbons (Fsp3) is 0.391. The summed E-state index contributed by atoms with van der Waals surface area (Å²) in [6.45, 7) is 6.19. The second-order valence-electron chi connectivity index (χ2n) is 8.51. The van der Waals surface area contributed by atoms with Crippen molar-refractivity contribution in [3.8, 4) is 11.4 Å². The molecule has 2 aliphatic heterocycles. The van der Waals surface area contributed by atoms with E-state index in [0.717, 1.165) is 36.3 Å². The van der Waals surface area contributed by atoms with Crippen molar-refractivity contribution in [2.45, 2.75) is 38.8 Å². The molecule has 2 atom stereocenters. The van der Waals surface area contributed by atoms with Crippen molar-refractivity contribution < 1.29 is 4.79 Å². The SMILES string of the molecule is Cc1ccc2c(c1)C1CN(C)CCC1N2C(=O)Cn1nnc(-c2ccccc2C)n1. The zero-order valence-corrected chi connectivity index (χ0v) is 17.6. The Morgan fingerprint density at radius 1 is 1.17 bits per heavy atom. The van der Waals surface area contributed by atoms with Crippen LogP contribution in [0.15, 0.2) is 42.5 Å². The number of carbonyl (C=O) groups excluding carboxylic acids is 1. The maximum absolute atomic E-state index is 13.4. The van der Waals surface area contributed by atoms with Crippen molar-refractivity contribution in [1.29, 1.82) is 0 Å². The summed E-state index contributed by atoms with van der Waals surface area (Å²) < 4.78 is 0. The Bertz CT molecular complexity index is 1110. The third-order valence-corrected chi connectivity index (χ3v) is 6.34. The lowest BCUT2D eigenvalue weighted by atomic mass is 9.89. The molecular weight excluding hydrogens is 376 g/mol. The number of amides is 1. The zero-order valence-electron chi connectivity index (χ0n) is 17.6. The third-order valence-electron chi connectivity index (χ3n) is 6.34. The molecular formula is C23H26N6O. The van der Waals surface area contributed by atoms with E-state index in [9.17, 15) is 4.79 Å². The molecule has 3 heterocycles. The van der Waals surface area contributed by atoms with E-state index in [1.165, 1.54) is 15.9 Å². The first kappa shape index (κ1) is 18.9. The van der Waals surface area contributed by atoms with Crippen molar-refractivity contribution in [3.05, 3.63) is 59.2 Å². The van der Waals surface area contributed by atoms with Crippen molar-refractivity contribution in [3.63, 3.8) is 0 Å². The van der Waals surface area contributed by atoms with Crippen molar-refractivity contribution in [2.24, 2.45) is 0 Å². The molecule has 7 heteroatoms. The van der Waals surface area contributed by atoms with E-state index in [0.29, 0.717) is 11.7 Å². The first-order valence-electron chi connectivity index (χ1n) is 10.5. The number of nitrogens with zero attached hydrogens (tertiary/aromatic N) is 6. The summed E-state index contributed by atoms with van der Waals surface area (Å²) in [5, 5.41) is 12.8. The van der Waals surface area contributed by atoms with Gasteiger partial charge in [-0.25, -0.2) is 0 Å². The molecule has 2 unspecified atom stereocenters. The number of piperidine rings is 1. The fourth-order valence-corrected chi connectivity index (χ4v) is 4.84. The number of fused-ring (bicyclic) bond motifs is 3. The van der Waals surface area contributed by atoms with Gasteiger partial charge < -0.3 is 9.80 Å². The number of anilines is 1. The molecule has 2 aromatic carbocycles. The molecule has 154 valence electrons. The molecule has 0 saturated carbocycles. The number of tetrazole rings is 1. The number of hydrogen-bond acceptors (Lipinski definition) is 5. The van der Waals surface area contributed by atoms with E-state index in [1.807, 2.05) is 36.1 Å². The minimum absolute atomic E-state index is 0.0193. The Morgan fingerprint density at radius 3 is 2.83 bits per heavy atom. The van der Waals surface area contributed by atoms with Gasteiger partial charge in [-0.05, 0) is 56.3 Å². The molecule has 1 amide bonds. The topological polar surface area (TPSA) is 67.2 Å². The second-order valence-corrected chi connectivity index (χ2v) is 8.51. The summed E-state index contributed by atoms with van der Waals surface area (Å²) in [4.78, 5) is 19.2. The second kappa shape index (κ2) is 7.32. The number of carbonyl (C=O) groups is 1. The van der Waals surface area contributed by atoms with E-state index in [4.69, 9.17) is 0 Å². The van der Waals surface area contributed by atoms with Crippen LogP contribution in [0, 0.1) is 13.8 Å². The Balaban J connectivity index is 1.42. The zero-order chi connectivity index (χ0) is 20.8. The molecule has 1 fully saturated rings. The standard InChI is InChI=1S/C23H26N6O/c1-15-8-9-20-18(12-15)19-13-27(3)11-10-21(19)29(20)22(30)14-28-25-23(24-26-28)17-7-5-4-6-16(17)2/h4-9,12,19,21H,10-11,13-14H2,1-3H3.